The third-order valence-electron chi connectivity index (χ3n) is 4.11. The van der Waals surface area contributed by atoms with Crippen LogP contribution in [0.4, 0.5) is 0 Å². The second-order valence-electron chi connectivity index (χ2n) is 5.73. The van der Waals surface area contributed by atoms with Gasteiger partial charge in [-0.2, -0.15) is 4.68 Å². The lowest BCUT2D eigenvalue weighted by atomic mass is 10.1. The minimum Gasteiger partial charge on any atom is -0.388 e. The number of rotatable bonds is 5. The summed E-state index contributed by atoms with van der Waals surface area (Å²) >= 11 is 0. The highest BCUT2D eigenvalue weighted by Crippen LogP contribution is 2.15. The third-order valence-corrected chi connectivity index (χ3v) is 4.11. The van der Waals surface area contributed by atoms with Crippen molar-refractivity contribution in [2.45, 2.75) is 32.4 Å². The van der Waals surface area contributed by atoms with Crippen molar-refractivity contribution in [1.29, 1.82) is 0 Å². The van der Waals surface area contributed by atoms with Crippen LogP contribution in [0.25, 0.3) is 11.5 Å². The maximum atomic E-state index is 12.4. The lowest BCUT2D eigenvalue weighted by molar-refractivity contribution is -0.134. The van der Waals surface area contributed by atoms with Crippen LogP contribution in [0.3, 0.4) is 0 Å². The number of benzene rings is 1. The monoisotopic (exact) mass is 331 g/mol. The molecule has 1 aliphatic heterocycles. The molecule has 1 fully saturated rings. The number of hydrogen-bond donors (Lipinski definition) is 0. The zero-order valence-electron chi connectivity index (χ0n) is 13.7. The Labute approximate surface area is 139 Å². The van der Waals surface area contributed by atoms with Crippen molar-refractivity contribution in [3.63, 3.8) is 0 Å². The highest BCUT2D eigenvalue weighted by atomic mass is 16.5. The Morgan fingerprint density at radius 1 is 1.29 bits per heavy atom. The maximum Gasteiger partial charge on any atom is 0.437 e. The van der Waals surface area contributed by atoms with Crippen LogP contribution in [-0.2, 0) is 16.1 Å². The van der Waals surface area contributed by atoms with Gasteiger partial charge < -0.3 is 14.1 Å². The molecule has 0 atom stereocenters. The predicted molar refractivity (Wildman–Crippen MR) is 87.4 cm³/mol. The fourth-order valence-electron chi connectivity index (χ4n) is 2.84. The van der Waals surface area contributed by atoms with Crippen LogP contribution in [0.5, 0.6) is 0 Å². The summed E-state index contributed by atoms with van der Waals surface area (Å²) in [6.45, 7) is 3.84. The second kappa shape index (κ2) is 7.44. The number of carbonyl (C=O) groups excluding carboxylic acids is 1. The van der Waals surface area contributed by atoms with Crippen molar-refractivity contribution in [2.24, 2.45) is 0 Å². The second-order valence-corrected chi connectivity index (χ2v) is 5.73. The summed E-state index contributed by atoms with van der Waals surface area (Å²) in [7, 11) is 0. The van der Waals surface area contributed by atoms with E-state index in [0.717, 1.165) is 17.5 Å². The Balaban J connectivity index is 1.63. The van der Waals surface area contributed by atoms with E-state index >= 15 is 0 Å². The minimum atomic E-state index is -0.619. The number of amides is 1. The molecule has 2 aromatic rings. The Hall–Kier alpha value is -2.41. The predicted octanol–water partition coefficient (Wildman–Crippen LogP) is 1.53. The molecule has 1 saturated heterocycles. The van der Waals surface area contributed by atoms with Gasteiger partial charge in [-0.05, 0) is 31.9 Å². The van der Waals surface area contributed by atoms with Crippen molar-refractivity contribution in [2.75, 3.05) is 19.7 Å². The van der Waals surface area contributed by atoms with Gasteiger partial charge in [0.25, 0.3) is 0 Å². The van der Waals surface area contributed by atoms with E-state index in [9.17, 15) is 9.59 Å². The van der Waals surface area contributed by atoms with Crippen molar-refractivity contribution in [1.82, 2.24) is 14.7 Å². The molecule has 0 N–H and O–H groups in total. The fourth-order valence-corrected chi connectivity index (χ4v) is 2.84. The van der Waals surface area contributed by atoms with E-state index in [1.54, 1.807) is 17.0 Å². The van der Waals surface area contributed by atoms with E-state index in [4.69, 9.17) is 9.15 Å². The molecular formula is C17H21N3O4. The van der Waals surface area contributed by atoms with Crippen LogP contribution in [-0.4, -0.2) is 46.4 Å². The number of aromatic nitrogens is 2. The zero-order valence-corrected chi connectivity index (χ0v) is 13.7. The van der Waals surface area contributed by atoms with Gasteiger partial charge in [0.05, 0.1) is 6.10 Å². The molecule has 0 aliphatic carbocycles. The van der Waals surface area contributed by atoms with Crippen molar-refractivity contribution in [3.05, 3.63) is 40.9 Å². The summed E-state index contributed by atoms with van der Waals surface area (Å²) < 4.78 is 11.8. The van der Waals surface area contributed by atoms with E-state index in [2.05, 4.69) is 5.10 Å². The molecule has 3 rings (SSSR count). The van der Waals surface area contributed by atoms with Crippen LogP contribution in [0.1, 0.15) is 19.8 Å². The van der Waals surface area contributed by atoms with Crippen LogP contribution >= 0.6 is 0 Å². The molecule has 128 valence electrons. The SMILES string of the molecule is CCOC1CCN(C(=O)Cn2nc(-c3ccccc3)oc2=O)CC1. The first-order chi connectivity index (χ1) is 11.7. The summed E-state index contributed by atoms with van der Waals surface area (Å²) in [4.78, 5) is 26.0. The summed E-state index contributed by atoms with van der Waals surface area (Å²) in [5.41, 5.74) is 0.707. The molecule has 7 heteroatoms. The average Bonchev–Trinajstić information content (AvgIpc) is 2.97. The van der Waals surface area contributed by atoms with Gasteiger partial charge in [0.2, 0.25) is 11.8 Å². The van der Waals surface area contributed by atoms with Gasteiger partial charge in [-0.25, -0.2) is 4.79 Å². The highest BCUT2D eigenvalue weighted by Gasteiger charge is 2.24. The van der Waals surface area contributed by atoms with Gasteiger partial charge in [0.1, 0.15) is 6.54 Å². The molecule has 24 heavy (non-hydrogen) atoms. The van der Waals surface area contributed by atoms with E-state index in [-0.39, 0.29) is 24.4 Å². The summed E-state index contributed by atoms with van der Waals surface area (Å²) in [6.07, 6.45) is 1.86. The first-order valence-electron chi connectivity index (χ1n) is 8.20. The normalized spacial score (nSPS) is 15.6. The molecule has 1 aromatic carbocycles. The Morgan fingerprint density at radius 3 is 2.67 bits per heavy atom. The summed E-state index contributed by atoms with van der Waals surface area (Å²) in [5, 5.41) is 4.12. The average molecular weight is 331 g/mol. The highest BCUT2D eigenvalue weighted by molar-refractivity contribution is 5.76. The molecule has 0 bridgehead atoms. The number of nitrogens with zero attached hydrogens (tertiary/aromatic N) is 3. The van der Waals surface area contributed by atoms with Gasteiger partial charge in [-0.3, -0.25) is 4.79 Å². The van der Waals surface area contributed by atoms with E-state index in [1.165, 1.54) is 0 Å². The third kappa shape index (κ3) is 3.73. The molecular weight excluding hydrogens is 310 g/mol. The summed E-state index contributed by atoms with van der Waals surface area (Å²) in [6, 6.07) is 9.14. The van der Waals surface area contributed by atoms with E-state index in [0.29, 0.717) is 25.3 Å². The lowest BCUT2D eigenvalue weighted by Gasteiger charge is -2.31. The molecule has 0 unspecified atom stereocenters. The molecule has 1 aromatic heterocycles. The summed E-state index contributed by atoms with van der Waals surface area (Å²) in [5.74, 6) is -0.519. The standard InChI is InChI=1S/C17H21N3O4/c1-2-23-14-8-10-19(11-9-14)15(21)12-20-17(22)24-16(18-20)13-6-4-3-5-7-13/h3-7,14H,2,8-12H2,1H3. The number of hydrogen-bond acceptors (Lipinski definition) is 5. The Morgan fingerprint density at radius 2 is 2.00 bits per heavy atom. The molecule has 0 saturated carbocycles. The molecule has 1 aliphatic rings. The topological polar surface area (TPSA) is 77.6 Å². The number of likely N-dealkylation sites (tertiary alicyclic amines) is 1. The minimum absolute atomic E-state index is 0.103. The number of piperidine rings is 1. The first kappa shape index (κ1) is 16.4. The van der Waals surface area contributed by atoms with E-state index < -0.39 is 5.76 Å². The number of carbonyl (C=O) groups is 1. The quantitative estimate of drug-likeness (QED) is 0.830. The van der Waals surface area contributed by atoms with Gasteiger partial charge in [-0.15, -0.1) is 5.10 Å². The van der Waals surface area contributed by atoms with Crippen LogP contribution < -0.4 is 5.76 Å². The molecule has 1 amide bonds. The maximum absolute atomic E-state index is 12.4. The van der Waals surface area contributed by atoms with Crippen molar-refractivity contribution in [3.8, 4) is 11.5 Å². The molecule has 7 nitrogen and oxygen atoms in total. The van der Waals surface area contributed by atoms with E-state index in [1.807, 2.05) is 25.1 Å². The Kier molecular flexibility index (Phi) is 5.10. The number of ether oxygens (including phenoxy) is 1. The Bertz CT molecular complexity index is 730. The largest absolute Gasteiger partial charge is 0.437 e. The van der Waals surface area contributed by atoms with Gasteiger partial charge in [0.15, 0.2) is 0 Å². The molecule has 0 spiro atoms. The fraction of sp³-hybridized carbons (Fsp3) is 0.471. The zero-order chi connectivity index (χ0) is 16.9. The van der Waals surface area contributed by atoms with Gasteiger partial charge in [0, 0.05) is 25.3 Å². The first-order valence-corrected chi connectivity index (χ1v) is 8.20. The van der Waals surface area contributed by atoms with Gasteiger partial charge in [-0.1, -0.05) is 18.2 Å². The van der Waals surface area contributed by atoms with Crippen molar-refractivity contribution < 1.29 is 13.9 Å². The molecule has 0 radical (unpaired) electrons. The van der Waals surface area contributed by atoms with Crippen molar-refractivity contribution >= 4 is 5.91 Å². The van der Waals surface area contributed by atoms with Crippen LogP contribution in [0.15, 0.2) is 39.5 Å². The smallest absolute Gasteiger partial charge is 0.388 e. The van der Waals surface area contributed by atoms with Crippen LogP contribution in [0, 0.1) is 0 Å². The van der Waals surface area contributed by atoms with Crippen LogP contribution in [0.2, 0.25) is 0 Å². The van der Waals surface area contributed by atoms with Gasteiger partial charge >= 0.3 is 5.76 Å². The lowest BCUT2D eigenvalue weighted by Crippen LogP contribution is -2.43. The molecule has 2 heterocycles.